The summed E-state index contributed by atoms with van der Waals surface area (Å²) in [5, 5.41) is 8.01. The van der Waals surface area contributed by atoms with Crippen molar-refractivity contribution in [1.29, 1.82) is 0 Å². The fraction of sp³-hybridized carbons (Fsp3) is 0.450. The number of methoxy groups -OCH3 is 2. The Morgan fingerprint density at radius 1 is 1.15 bits per heavy atom. The molecule has 1 aromatic heterocycles. The lowest BCUT2D eigenvalue weighted by molar-refractivity contribution is 0.231. The van der Waals surface area contributed by atoms with Crippen molar-refractivity contribution in [3.63, 3.8) is 0 Å². The molecule has 1 aliphatic heterocycles. The molecule has 3 rings (SSSR count). The first-order chi connectivity index (χ1) is 13.2. The van der Waals surface area contributed by atoms with Gasteiger partial charge in [0.05, 0.1) is 14.2 Å². The number of hydrogen-bond donors (Lipinski definition) is 2. The molecule has 146 valence electrons. The Labute approximate surface area is 164 Å². The van der Waals surface area contributed by atoms with Crippen LogP contribution in [0.15, 0.2) is 29.6 Å². The molecule has 2 amide bonds. The Bertz CT molecular complexity index is 763. The van der Waals surface area contributed by atoms with Gasteiger partial charge in [0.15, 0.2) is 11.5 Å². The van der Waals surface area contributed by atoms with Crippen molar-refractivity contribution in [3.8, 4) is 11.5 Å². The van der Waals surface area contributed by atoms with E-state index in [0.29, 0.717) is 24.6 Å². The van der Waals surface area contributed by atoms with Crippen molar-refractivity contribution < 1.29 is 14.3 Å². The van der Waals surface area contributed by atoms with Gasteiger partial charge in [0, 0.05) is 37.6 Å². The number of thiophene rings is 1. The van der Waals surface area contributed by atoms with Gasteiger partial charge in [-0.1, -0.05) is 6.07 Å². The second-order valence-electron chi connectivity index (χ2n) is 6.52. The molecule has 2 N–H and O–H groups in total. The third-order valence-electron chi connectivity index (χ3n) is 4.75. The van der Waals surface area contributed by atoms with Crippen molar-refractivity contribution >= 4 is 17.4 Å². The van der Waals surface area contributed by atoms with Gasteiger partial charge in [0.1, 0.15) is 0 Å². The first-order valence-corrected chi connectivity index (χ1v) is 10.1. The Hall–Kier alpha value is -2.25. The predicted octanol–water partition coefficient (Wildman–Crippen LogP) is 2.67. The van der Waals surface area contributed by atoms with Crippen LogP contribution in [-0.2, 0) is 19.4 Å². The number of ether oxygens (including phenoxy) is 2. The summed E-state index contributed by atoms with van der Waals surface area (Å²) in [5.41, 5.74) is 2.53. The summed E-state index contributed by atoms with van der Waals surface area (Å²) in [4.78, 5) is 15.9. The van der Waals surface area contributed by atoms with Gasteiger partial charge >= 0.3 is 6.03 Å². The van der Waals surface area contributed by atoms with Crippen LogP contribution in [0.25, 0.3) is 0 Å². The highest BCUT2D eigenvalue weighted by molar-refractivity contribution is 7.10. The number of nitrogens with zero attached hydrogens (tertiary/aromatic N) is 1. The Morgan fingerprint density at radius 2 is 1.96 bits per heavy atom. The van der Waals surface area contributed by atoms with Gasteiger partial charge in [0.25, 0.3) is 0 Å². The number of rotatable bonds is 8. The lowest BCUT2D eigenvalue weighted by atomic mass is 10.1. The molecule has 0 saturated carbocycles. The SMILES string of the molecule is COc1ccc(CCNC(=O)NCCN2CCc3sccc3C2)cc1OC. The van der Waals surface area contributed by atoms with Gasteiger partial charge in [-0.25, -0.2) is 4.79 Å². The smallest absolute Gasteiger partial charge is 0.314 e. The van der Waals surface area contributed by atoms with Crippen LogP contribution in [0, 0.1) is 0 Å². The van der Waals surface area contributed by atoms with E-state index in [1.807, 2.05) is 29.5 Å². The average molecular weight is 390 g/mol. The second kappa shape index (κ2) is 9.62. The molecule has 2 aromatic rings. The van der Waals surface area contributed by atoms with Gasteiger partial charge in [-0.2, -0.15) is 0 Å². The maximum absolute atomic E-state index is 12.0. The third kappa shape index (κ3) is 5.37. The number of nitrogens with one attached hydrogen (secondary N) is 2. The summed E-state index contributed by atoms with van der Waals surface area (Å²) in [5.74, 6) is 1.41. The molecular formula is C20H27N3O3S. The summed E-state index contributed by atoms with van der Waals surface area (Å²) in [6.07, 6.45) is 1.85. The summed E-state index contributed by atoms with van der Waals surface area (Å²) in [6, 6.07) is 7.89. The summed E-state index contributed by atoms with van der Waals surface area (Å²) < 4.78 is 10.5. The zero-order valence-electron chi connectivity index (χ0n) is 15.9. The highest BCUT2D eigenvalue weighted by Gasteiger charge is 2.16. The Balaban J connectivity index is 1.33. The van der Waals surface area contributed by atoms with Crippen LogP contribution in [0.4, 0.5) is 4.79 Å². The maximum Gasteiger partial charge on any atom is 0.314 e. The first-order valence-electron chi connectivity index (χ1n) is 9.20. The highest BCUT2D eigenvalue weighted by atomic mass is 32.1. The molecule has 2 heterocycles. The van der Waals surface area contributed by atoms with Gasteiger partial charge in [-0.15, -0.1) is 11.3 Å². The van der Waals surface area contributed by atoms with Gasteiger partial charge in [0.2, 0.25) is 0 Å². The Morgan fingerprint density at radius 3 is 2.78 bits per heavy atom. The molecule has 1 aromatic carbocycles. The van der Waals surface area contributed by atoms with Gasteiger partial charge < -0.3 is 20.1 Å². The number of benzene rings is 1. The van der Waals surface area contributed by atoms with E-state index in [1.165, 1.54) is 10.4 Å². The molecular weight excluding hydrogens is 362 g/mol. The minimum Gasteiger partial charge on any atom is -0.493 e. The summed E-state index contributed by atoms with van der Waals surface area (Å²) in [7, 11) is 3.24. The van der Waals surface area contributed by atoms with Crippen LogP contribution < -0.4 is 20.1 Å². The molecule has 27 heavy (non-hydrogen) atoms. The van der Waals surface area contributed by atoms with Crippen LogP contribution in [0.3, 0.4) is 0 Å². The number of urea groups is 1. The third-order valence-corrected chi connectivity index (χ3v) is 5.77. The van der Waals surface area contributed by atoms with Crippen LogP contribution in [-0.4, -0.2) is 51.3 Å². The van der Waals surface area contributed by atoms with E-state index < -0.39 is 0 Å². The number of hydrogen-bond acceptors (Lipinski definition) is 5. The zero-order chi connectivity index (χ0) is 19.1. The molecule has 1 aliphatic rings. The quantitative estimate of drug-likeness (QED) is 0.729. The van der Waals surface area contributed by atoms with Crippen LogP contribution in [0.1, 0.15) is 16.0 Å². The van der Waals surface area contributed by atoms with E-state index in [0.717, 1.165) is 38.0 Å². The molecule has 6 nitrogen and oxygen atoms in total. The van der Waals surface area contributed by atoms with E-state index >= 15 is 0 Å². The average Bonchev–Trinajstić information content (AvgIpc) is 3.15. The predicted molar refractivity (Wildman–Crippen MR) is 108 cm³/mol. The van der Waals surface area contributed by atoms with E-state index in [2.05, 4.69) is 27.0 Å². The second-order valence-corrected chi connectivity index (χ2v) is 7.52. The van der Waals surface area contributed by atoms with Crippen molar-refractivity contribution in [2.45, 2.75) is 19.4 Å². The molecule has 0 spiro atoms. The first kappa shape index (κ1) is 19.5. The Kier molecular flexibility index (Phi) is 6.95. The highest BCUT2D eigenvalue weighted by Crippen LogP contribution is 2.27. The number of fused-ring (bicyclic) bond motifs is 1. The molecule has 0 radical (unpaired) electrons. The van der Waals surface area contributed by atoms with E-state index in [-0.39, 0.29) is 6.03 Å². The van der Waals surface area contributed by atoms with Gasteiger partial charge in [-0.05, 0) is 47.5 Å². The fourth-order valence-corrected chi connectivity index (χ4v) is 4.13. The number of carbonyl (C=O) groups excluding carboxylic acids is 1. The van der Waals surface area contributed by atoms with E-state index in [4.69, 9.17) is 9.47 Å². The normalized spacial score (nSPS) is 13.7. The monoisotopic (exact) mass is 389 g/mol. The lowest BCUT2D eigenvalue weighted by Gasteiger charge is -2.26. The molecule has 7 heteroatoms. The standard InChI is InChI=1S/C20H27N3O3S/c1-25-17-4-3-15(13-18(17)26-2)5-8-21-20(24)22-9-11-23-10-6-19-16(14-23)7-12-27-19/h3-4,7,12-13H,5-6,8-11,14H2,1-2H3,(H2,21,22,24). The molecule has 0 unspecified atom stereocenters. The zero-order valence-corrected chi connectivity index (χ0v) is 16.7. The van der Waals surface area contributed by atoms with Crippen molar-refractivity contribution in [3.05, 3.63) is 45.6 Å². The lowest BCUT2D eigenvalue weighted by Crippen LogP contribution is -2.42. The van der Waals surface area contributed by atoms with Crippen molar-refractivity contribution in [2.24, 2.45) is 0 Å². The number of carbonyl (C=O) groups is 1. The summed E-state index contributed by atoms with van der Waals surface area (Å²) in [6.45, 7) is 4.15. The number of amides is 2. The molecule has 0 aliphatic carbocycles. The van der Waals surface area contributed by atoms with E-state index in [1.54, 1.807) is 14.2 Å². The van der Waals surface area contributed by atoms with Crippen molar-refractivity contribution in [2.75, 3.05) is 40.4 Å². The molecule has 0 bridgehead atoms. The molecule has 0 fully saturated rings. The maximum atomic E-state index is 12.0. The van der Waals surface area contributed by atoms with Crippen molar-refractivity contribution in [1.82, 2.24) is 15.5 Å². The van der Waals surface area contributed by atoms with E-state index in [9.17, 15) is 4.79 Å². The largest absolute Gasteiger partial charge is 0.493 e. The molecule has 0 atom stereocenters. The van der Waals surface area contributed by atoms with Gasteiger partial charge in [-0.3, -0.25) is 4.90 Å². The topological polar surface area (TPSA) is 62.8 Å². The van der Waals surface area contributed by atoms with Crippen LogP contribution in [0.2, 0.25) is 0 Å². The summed E-state index contributed by atoms with van der Waals surface area (Å²) >= 11 is 1.85. The van der Waals surface area contributed by atoms with Crippen LogP contribution in [0.5, 0.6) is 11.5 Å². The van der Waals surface area contributed by atoms with Crippen LogP contribution >= 0.6 is 11.3 Å². The minimum atomic E-state index is -0.122. The minimum absolute atomic E-state index is 0.122. The fourth-order valence-electron chi connectivity index (χ4n) is 3.24. The molecule has 0 saturated heterocycles.